The van der Waals surface area contributed by atoms with Crippen LogP contribution in [0.15, 0.2) is 30.7 Å². The van der Waals surface area contributed by atoms with Crippen molar-refractivity contribution in [3.63, 3.8) is 0 Å². The van der Waals surface area contributed by atoms with Gasteiger partial charge in [0.05, 0.1) is 17.6 Å². The average molecular weight is 349 g/mol. The number of aromatic nitrogens is 3. The topological polar surface area (TPSA) is 73.9 Å². The number of hydrogen-bond acceptors (Lipinski definition) is 4. The maximum absolute atomic E-state index is 12.6. The second kappa shape index (κ2) is 5.97. The Morgan fingerprint density at radius 3 is 2.96 bits per heavy atom. The molecule has 6 nitrogen and oxygen atoms in total. The highest BCUT2D eigenvalue weighted by Gasteiger charge is 2.33. The minimum atomic E-state index is 0.0566. The summed E-state index contributed by atoms with van der Waals surface area (Å²) in [4.78, 5) is 27.1. The summed E-state index contributed by atoms with van der Waals surface area (Å²) in [7, 11) is 0. The number of nitrogens with zero attached hydrogens (tertiary/aromatic N) is 3. The predicted molar refractivity (Wildman–Crippen MR) is 102 cm³/mol. The molecule has 134 valence electrons. The van der Waals surface area contributed by atoms with Gasteiger partial charge in [-0.05, 0) is 44.7 Å². The van der Waals surface area contributed by atoms with Gasteiger partial charge in [-0.3, -0.25) is 4.79 Å². The number of H-pyrrole nitrogens is 1. The van der Waals surface area contributed by atoms with Gasteiger partial charge in [-0.25, -0.2) is 9.97 Å². The fourth-order valence-electron chi connectivity index (χ4n) is 4.08. The molecule has 2 aliphatic rings. The first-order valence-corrected chi connectivity index (χ1v) is 9.48. The molecule has 4 heterocycles. The van der Waals surface area contributed by atoms with Crippen molar-refractivity contribution in [1.82, 2.24) is 20.3 Å². The number of rotatable bonds is 3. The molecule has 1 amide bonds. The first-order chi connectivity index (χ1) is 12.7. The molecule has 2 fully saturated rings. The van der Waals surface area contributed by atoms with Crippen molar-refractivity contribution in [2.75, 3.05) is 11.4 Å². The van der Waals surface area contributed by atoms with Crippen LogP contribution in [0.4, 0.5) is 5.69 Å². The Bertz CT molecular complexity index is 977. The maximum Gasteiger partial charge on any atom is 0.225 e. The van der Waals surface area contributed by atoms with E-state index < -0.39 is 0 Å². The normalized spacial score (nSPS) is 23.5. The molecule has 26 heavy (non-hydrogen) atoms. The molecule has 0 aromatic carbocycles. The Balaban J connectivity index is 1.54. The largest absolute Gasteiger partial charge is 0.367 e. The third kappa shape index (κ3) is 2.60. The second-order valence-electron chi connectivity index (χ2n) is 7.65. The minimum Gasteiger partial charge on any atom is -0.367 e. The Morgan fingerprint density at radius 2 is 2.12 bits per heavy atom. The Kier molecular flexibility index (Phi) is 3.58. The summed E-state index contributed by atoms with van der Waals surface area (Å²) >= 11 is 0. The molecule has 6 heteroatoms. The van der Waals surface area contributed by atoms with Crippen molar-refractivity contribution in [2.24, 2.45) is 5.92 Å². The lowest BCUT2D eigenvalue weighted by Crippen LogP contribution is -2.47. The number of piperidine rings is 1. The van der Waals surface area contributed by atoms with Gasteiger partial charge in [0, 0.05) is 47.5 Å². The number of amides is 1. The zero-order valence-corrected chi connectivity index (χ0v) is 14.9. The third-order valence-electron chi connectivity index (χ3n) is 5.76. The lowest BCUT2D eigenvalue weighted by Gasteiger charge is -2.39. The smallest absolute Gasteiger partial charge is 0.225 e. The number of pyridine rings is 2. The molecule has 0 spiro atoms. The van der Waals surface area contributed by atoms with Gasteiger partial charge in [0.1, 0.15) is 0 Å². The number of aromatic amines is 1. The Labute approximate surface area is 152 Å². The number of carbonyl (C=O) groups is 1. The van der Waals surface area contributed by atoms with Gasteiger partial charge in [-0.2, -0.15) is 0 Å². The van der Waals surface area contributed by atoms with E-state index in [1.54, 1.807) is 6.20 Å². The molecule has 0 radical (unpaired) electrons. The van der Waals surface area contributed by atoms with Crippen LogP contribution in [0.25, 0.3) is 21.9 Å². The van der Waals surface area contributed by atoms with Crippen LogP contribution in [0.1, 0.15) is 32.6 Å². The summed E-state index contributed by atoms with van der Waals surface area (Å²) < 4.78 is 0. The number of carbonyl (C=O) groups excluding carboxylic acids is 1. The molecular weight excluding hydrogens is 326 g/mol. The maximum atomic E-state index is 12.6. The summed E-state index contributed by atoms with van der Waals surface area (Å²) in [5, 5.41) is 5.39. The van der Waals surface area contributed by atoms with Crippen LogP contribution in [0, 0.1) is 5.92 Å². The van der Waals surface area contributed by atoms with Crippen molar-refractivity contribution in [2.45, 2.75) is 44.7 Å². The number of nitrogens with one attached hydrogen (secondary N) is 2. The molecule has 0 bridgehead atoms. The van der Waals surface area contributed by atoms with E-state index in [2.05, 4.69) is 38.2 Å². The van der Waals surface area contributed by atoms with E-state index >= 15 is 0 Å². The highest BCUT2D eigenvalue weighted by molar-refractivity contribution is 6.10. The van der Waals surface area contributed by atoms with Crippen molar-refractivity contribution in [3.8, 4) is 0 Å². The van der Waals surface area contributed by atoms with E-state index in [0.29, 0.717) is 12.1 Å². The first kappa shape index (κ1) is 15.6. The van der Waals surface area contributed by atoms with Crippen LogP contribution >= 0.6 is 0 Å². The van der Waals surface area contributed by atoms with Crippen LogP contribution in [0.3, 0.4) is 0 Å². The van der Waals surface area contributed by atoms with Crippen LogP contribution in [-0.2, 0) is 4.79 Å². The standard InChI is InChI=1S/C20H23N5O/c1-12-2-3-13(20(26)24-14-4-5-14)11-25(12)17-7-9-21-16-10-23-19-15(18(16)17)6-8-22-19/h6-10,12-14,21H,2-5,11H2,1H3,(H,24,26)/t12-,13-/m0/s1. The highest BCUT2D eigenvalue weighted by atomic mass is 16.2. The molecule has 5 rings (SSSR count). The summed E-state index contributed by atoms with van der Waals surface area (Å²) in [6.45, 7) is 3.01. The summed E-state index contributed by atoms with van der Waals surface area (Å²) in [6, 6.07) is 4.96. The lowest BCUT2D eigenvalue weighted by molar-refractivity contribution is -0.125. The molecule has 1 saturated carbocycles. The fraction of sp³-hybridized carbons (Fsp3) is 0.450. The zero-order chi connectivity index (χ0) is 17.7. The molecule has 2 N–H and O–H groups in total. The molecule has 1 aliphatic carbocycles. The van der Waals surface area contributed by atoms with E-state index in [1.807, 2.05) is 18.5 Å². The van der Waals surface area contributed by atoms with Crippen molar-refractivity contribution in [1.29, 1.82) is 0 Å². The molecule has 1 saturated heterocycles. The molecule has 0 unspecified atom stereocenters. The Morgan fingerprint density at radius 1 is 1.23 bits per heavy atom. The van der Waals surface area contributed by atoms with E-state index in [1.165, 1.54) is 0 Å². The quantitative estimate of drug-likeness (QED) is 0.762. The summed E-state index contributed by atoms with van der Waals surface area (Å²) in [5.41, 5.74) is 2.93. The van der Waals surface area contributed by atoms with Gasteiger partial charge < -0.3 is 15.2 Å². The van der Waals surface area contributed by atoms with Gasteiger partial charge in [-0.15, -0.1) is 0 Å². The number of anilines is 1. The van der Waals surface area contributed by atoms with Gasteiger partial charge >= 0.3 is 0 Å². The van der Waals surface area contributed by atoms with Crippen molar-refractivity contribution in [3.05, 3.63) is 30.7 Å². The predicted octanol–water partition coefficient (Wildman–Crippen LogP) is 2.99. The van der Waals surface area contributed by atoms with E-state index in [0.717, 1.165) is 59.9 Å². The third-order valence-corrected chi connectivity index (χ3v) is 5.76. The van der Waals surface area contributed by atoms with E-state index in [9.17, 15) is 4.79 Å². The molecule has 1 aliphatic heterocycles. The molecule has 3 aromatic rings. The van der Waals surface area contributed by atoms with Gasteiger partial charge in [0.15, 0.2) is 5.65 Å². The second-order valence-corrected chi connectivity index (χ2v) is 7.65. The van der Waals surface area contributed by atoms with Gasteiger partial charge in [-0.1, -0.05) is 0 Å². The summed E-state index contributed by atoms with van der Waals surface area (Å²) in [6.07, 6.45) is 9.86. The van der Waals surface area contributed by atoms with Crippen molar-refractivity contribution < 1.29 is 4.79 Å². The highest BCUT2D eigenvalue weighted by Crippen LogP contribution is 2.35. The monoisotopic (exact) mass is 349 g/mol. The van der Waals surface area contributed by atoms with Gasteiger partial charge in [0.2, 0.25) is 5.91 Å². The zero-order valence-electron chi connectivity index (χ0n) is 14.9. The van der Waals surface area contributed by atoms with Crippen LogP contribution < -0.4 is 10.2 Å². The molecule has 2 atom stereocenters. The SMILES string of the molecule is C[C@H]1CC[C@H](C(=O)NC2CC2)CN1c1cc[nH]c2cnc3nccc3c12. The fourth-order valence-corrected chi connectivity index (χ4v) is 4.08. The Hall–Kier alpha value is -2.63. The number of fused-ring (bicyclic) bond motifs is 3. The summed E-state index contributed by atoms with van der Waals surface area (Å²) in [5.74, 6) is 0.277. The minimum absolute atomic E-state index is 0.0566. The van der Waals surface area contributed by atoms with Gasteiger partial charge in [0.25, 0.3) is 0 Å². The number of hydrogen-bond donors (Lipinski definition) is 2. The molecule has 3 aromatic heterocycles. The average Bonchev–Trinajstić information content (AvgIpc) is 3.33. The first-order valence-electron chi connectivity index (χ1n) is 9.48. The van der Waals surface area contributed by atoms with E-state index in [4.69, 9.17) is 0 Å². The van der Waals surface area contributed by atoms with Crippen LogP contribution in [0.2, 0.25) is 0 Å². The lowest BCUT2D eigenvalue weighted by atomic mass is 9.91. The van der Waals surface area contributed by atoms with E-state index in [-0.39, 0.29) is 11.8 Å². The molecular formula is C20H23N5O. The van der Waals surface area contributed by atoms with Crippen LogP contribution in [-0.4, -0.2) is 39.5 Å². The van der Waals surface area contributed by atoms with Crippen molar-refractivity contribution >= 4 is 33.5 Å². The van der Waals surface area contributed by atoms with Crippen LogP contribution in [0.5, 0.6) is 0 Å².